The lowest BCUT2D eigenvalue weighted by Gasteiger charge is -2.18. The fourth-order valence-electron chi connectivity index (χ4n) is 3.19. The summed E-state index contributed by atoms with van der Waals surface area (Å²) < 4.78 is 1.22. The molecule has 1 fully saturated rings. The van der Waals surface area contributed by atoms with Gasteiger partial charge in [0.25, 0.3) is 5.56 Å². The van der Waals surface area contributed by atoms with Crippen molar-refractivity contribution in [2.75, 3.05) is 16.8 Å². The number of hydrogen-bond acceptors (Lipinski definition) is 4. The lowest BCUT2D eigenvalue weighted by atomic mass is 10.2. The van der Waals surface area contributed by atoms with E-state index in [1.165, 1.54) is 10.9 Å². The number of benzene rings is 2. The predicted octanol–water partition coefficient (Wildman–Crippen LogP) is 3.76. The molecule has 142 valence electrons. The third-order valence-electron chi connectivity index (χ3n) is 4.57. The lowest BCUT2D eigenvalue weighted by Crippen LogP contribution is -2.34. The first kappa shape index (κ1) is 18.5. The number of amides is 1. The molecule has 4 rings (SSSR count). The average molecular weight is 415 g/mol. The Bertz CT molecular complexity index is 1090. The van der Waals surface area contributed by atoms with Crippen molar-refractivity contribution in [2.24, 2.45) is 0 Å². The largest absolute Gasteiger partial charge is 0.371 e. The van der Waals surface area contributed by atoms with E-state index in [9.17, 15) is 9.59 Å². The summed E-state index contributed by atoms with van der Waals surface area (Å²) in [7, 11) is 0. The first-order valence-corrected chi connectivity index (χ1v) is 9.47. The number of rotatable bonds is 4. The van der Waals surface area contributed by atoms with Crippen LogP contribution in [-0.2, 0) is 4.79 Å². The Morgan fingerprint density at radius 2 is 1.75 bits per heavy atom. The van der Waals surface area contributed by atoms with E-state index in [4.69, 9.17) is 23.2 Å². The summed E-state index contributed by atoms with van der Waals surface area (Å²) in [6.07, 6.45) is 2.04. The van der Waals surface area contributed by atoms with Crippen LogP contribution in [0.4, 0.5) is 11.4 Å². The van der Waals surface area contributed by atoms with Gasteiger partial charge in [0.05, 0.1) is 17.6 Å². The molecule has 1 amide bonds. The molecule has 1 aromatic heterocycles. The summed E-state index contributed by atoms with van der Waals surface area (Å²) >= 11 is 12.3. The van der Waals surface area contributed by atoms with Crippen LogP contribution in [0.3, 0.4) is 0 Å². The second-order valence-corrected chi connectivity index (χ2v) is 7.19. The van der Waals surface area contributed by atoms with Crippen molar-refractivity contribution in [3.8, 4) is 5.69 Å². The van der Waals surface area contributed by atoms with Crippen molar-refractivity contribution in [2.45, 2.75) is 12.5 Å². The Morgan fingerprint density at radius 3 is 2.50 bits per heavy atom. The third kappa shape index (κ3) is 3.48. The highest BCUT2D eigenvalue weighted by Crippen LogP contribution is 2.27. The van der Waals surface area contributed by atoms with Crippen LogP contribution >= 0.6 is 23.2 Å². The van der Waals surface area contributed by atoms with Crippen molar-refractivity contribution in [3.63, 3.8) is 0 Å². The van der Waals surface area contributed by atoms with Crippen LogP contribution in [-0.4, -0.2) is 28.3 Å². The molecule has 0 radical (unpaired) electrons. The lowest BCUT2D eigenvalue weighted by molar-refractivity contribution is -0.117. The van der Waals surface area contributed by atoms with E-state index >= 15 is 0 Å². The van der Waals surface area contributed by atoms with Gasteiger partial charge < -0.3 is 10.2 Å². The van der Waals surface area contributed by atoms with Gasteiger partial charge in [-0.3, -0.25) is 9.59 Å². The monoisotopic (exact) mass is 414 g/mol. The number of para-hydroxylation sites is 1. The first-order valence-electron chi connectivity index (χ1n) is 8.71. The molecule has 0 bridgehead atoms. The van der Waals surface area contributed by atoms with E-state index in [0.29, 0.717) is 29.4 Å². The standard InChI is InChI=1S/C20H16Cl2N4O2/c21-13-5-4-8-15(11-13)25-10-9-16(19(25)27)24-17-12-23-26(20(28)18(17)22)14-6-2-1-3-7-14/h1-8,11-12,16,24H,9-10H2. The second kappa shape index (κ2) is 7.66. The molecular weight excluding hydrogens is 399 g/mol. The molecule has 0 spiro atoms. The molecule has 0 saturated carbocycles. The van der Waals surface area contributed by atoms with Crippen LogP contribution in [0.1, 0.15) is 6.42 Å². The van der Waals surface area contributed by atoms with E-state index in [0.717, 1.165) is 5.69 Å². The Kier molecular flexibility index (Phi) is 5.07. The molecule has 6 nitrogen and oxygen atoms in total. The minimum absolute atomic E-state index is 0.00661. The Morgan fingerprint density at radius 1 is 1.00 bits per heavy atom. The van der Waals surface area contributed by atoms with E-state index < -0.39 is 11.6 Å². The van der Waals surface area contributed by atoms with Gasteiger partial charge in [-0.05, 0) is 36.8 Å². The van der Waals surface area contributed by atoms with E-state index in [-0.39, 0.29) is 10.9 Å². The highest BCUT2D eigenvalue weighted by Gasteiger charge is 2.33. The summed E-state index contributed by atoms with van der Waals surface area (Å²) in [4.78, 5) is 27.0. The maximum absolute atomic E-state index is 12.8. The smallest absolute Gasteiger partial charge is 0.292 e. The van der Waals surface area contributed by atoms with Crippen LogP contribution in [0, 0.1) is 0 Å². The Labute approximate surface area is 171 Å². The quantitative estimate of drug-likeness (QED) is 0.705. The molecule has 1 N–H and O–H groups in total. The van der Waals surface area contributed by atoms with Crippen LogP contribution in [0.2, 0.25) is 10.0 Å². The normalized spacial score (nSPS) is 16.4. The van der Waals surface area contributed by atoms with Crippen molar-refractivity contribution >= 4 is 40.5 Å². The average Bonchev–Trinajstić information content (AvgIpc) is 3.07. The number of aromatic nitrogens is 2. The van der Waals surface area contributed by atoms with Gasteiger partial charge in [0.2, 0.25) is 5.91 Å². The molecule has 1 aliphatic heterocycles. The molecule has 8 heteroatoms. The highest BCUT2D eigenvalue weighted by atomic mass is 35.5. The van der Waals surface area contributed by atoms with Gasteiger partial charge >= 0.3 is 0 Å². The van der Waals surface area contributed by atoms with Gasteiger partial charge in [0.1, 0.15) is 11.1 Å². The molecule has 1 atom stereocenters. The van der Waals surface area contributed by atoms with Gasteiger partial charge in [-0.2, -0.15) is 9.78 Å². The Hall–Kier alpha value is -2.83. The maximum atomic E-state index is 12.8. The zero-order chi connectivity index (χ0) is 19.7. The summed E-state index contributed by atoms with van der Waals surface area (Å²) in [5.74, 6) is -0.106. The molecule has 2 aromatic carbocycles. The second-order valence-electron chi connectivity index (χ2n) is 6.38. The fraction of sp³-hybridized carbons (Fsp3) is 0.150. The van der Waals surface area contributed by atoms with Gasteiger partial charge in [0.15, 0.2) is 0 Å². The van der Waals surface area contributed by atoms with E-state index in [2.05, 4.69) is 10.4 Å². The van der Waals surface area contributed by atoms with Crippen LogP contribution in [0.15, 0.2) is 65.6 Å². The van der Waals surface area contributed by atoms with Crippen molar-refractivity contribution in [1.29, 1.82) is 0 Å². The zero-order valence-electron chi connectivity index (χ0n) is 14.7. The summed E-state index contributed by atoms with van der Waals surface area (Å²) in [6, 6.07) is 15.6. The molecule has 1 aliphatic rings. The zero-order valence-corrected chi connectivity index (χ0v) is 16.2. The van der Waals surface area contributed by atoms with E-state index in [1.54, 1.807) is 35.2 Å². The van der Waals surface area contributed by atoms with Gasteiger partial charge in [-0.25, -0.2) is 0 Å². The van der Waals surface area contributed by atoms with Crippen LogP contribution in [0.25, 0.3) is 5.69 Å². The number of nitrogens with zero attached hydrogens (tertiary/aromatic N) is 3. The molecule has 28 heavy (non-hydrogen) atoms. The van der Waals surface area contributed by atoms with Crippen molar-refractivity contribution in [1.82, 2.24) is 9.78 Å². The van der Waals surface area contributed by atoms with Crippen LogP contribution < -0.4 is 15.8 Å². The van der Waals surface area contributed by atoms with Gasteiger partial charge in [0, 0.05) is 17.3 Å². The van der Waals surface area contributed by atoms with Crippen molar-refractivity contribution < 1.29 is 4.79 Å². The highest BCUT2D eigenvalue weighted by molar-refractivity contribution is 6.33. The summed E-state index contributed by atoms with van der Waals surface area (Å²) in [6.45, 7) is 0.545. The van der Waals surface area contributed by atoms with E-state index in [1.807, 2.05) is 24.3 Å². The number of hydrogen-bond donors (Lipinski definition) is 1. The number of halogens is 2. The number of carbonyl (C=O) groups is 1. The summed E-state index contributed by atoms with van der Waals surface area (Å²) in [5.41, 5.74) is 1.25. The van der Waals surface area contributed by atoms with Gasteiger partial charge in [-0.1, -0.05) is 47.5 Å². The number of anilines is 2. The molecule has 3 aromatic rings. The molecular formula is C20H16Cl2N4O2. The van der Waals surface area contributed by atoms with Gasteiger partial charge in [-0.15, -0.1) is 0 Å². The number of nitrogens with one attached hydrogen (secondary N) is 1. The minimum atomic E-state index is -0.495. The van der Waals surface area contributed by atoms with Crippen molar-refractivity contribution in [3.05, 3.63) is 81.2 Å². The van der Waals surface area contributed by atoms with Crippen LogP contribution in [0.5, 0.6) is 0 Å². The molecule has 1 saturated heterocycles. The number of carbonyl (C=O) groups excluding carboxylic acids is 1. The first-order chi connectivity index (χ1) is 13.5. The fourth-order valence-corrected chi connectivity index (χ4v) is 3.56. The predicted molar refractivity (Wildman–Crippen MR) is 111 cm³/mol. The molecule has 2 heterocycles. The topological polar surface area (TPSA) is 67.2 Å². The third-order valence-corrected chi connectivity index (χ3v) is 5.18. The molecule has 1 unspecified atom stereocenters. The maximum Gasteiger partial charge on any atom is 0.292 e. The SMILES string of the molecule is O=C1C(Nc2cnn(-c3ccccc3)c(=O)c2Cl)CCN1c1cccc(Cl)c1. The molecule has 0 aliphatic carbocycles. The minimum Gasteiger partial charge on any atom is -0.371 e. The Balaban J connectivity index is 1.56. The summed E-state index contributed by atoms with van der Waals surface area (Å²) in [5, 5.41) is 7.80.